The minimum absolute atomic E-state index is 0.0711. The molecule has 180 valence electrons. The molecule has 2 atom stereocenters. The molecule has 4 heteroatoms. The van der Waals surface area contributed by atoms with Crippen LogP contribution in [-0.4, -0.2) is 32.9 Å². The van der Waals surface area contributed by atoms with Gasteiger partial charge in [0.1, 0.15) is 6.10 Å². The minimum atomic E-state index is -1.75. The monoisotopic (exact) mass is 442 g/mol. The zero-order valence-corrected chi connectivity index (χ0v) is 22.8. The highest BCUT2D eigenvalue weighted by Gasteiger charge is 2.43. The third-order valence-corrected chi connectivity index (χ3v) is 11.5. The second-order valence-corrected chi connectivity index (χ2v) is 16.3. The number of unbranched alkanes of at least 4 members (excludes halogenated alkanes) is 11. The second kappa shape index (κ2) is 13.6. The summed E-state index contributed by atoms with van der Waals surface area (Å²) in [6, 6.07) is 0. The van der Waals surface area contributed by atoms with Gasteiger partial charge in [-0.25, -0.2) is 0 Å². The molecule has 1 aliphatic heterocycles. The van der Waals surface area contributed by atoms with Crippen molar-refractivity contribution < 1.29 is 13.9 Å². The molecule has 1 rings (SSSR count). The van der Waals surface area contributed by atoms with Crippen LogP contribution in [0.3, 0.4) is 0 Å². The van der Waals surface area contributed by atoms with Crippen molar-refractivity contribution in [1.29, 1.82) is 0 Å². The molecule has 1 saturated heterocycles. The molecular weight excluding hydrogens is 388 g/mol. The molecule has 0 N–H and O–H groups in total. The van der Waals surface area contributed by atoms with E-state index >= 15 is 0 Å². The summed E-state index contributed by atoms with van der Waals surface area (Å²) >= 11 is 0. The Bertz CT molecular complexity index is 442. The maximum absolute atomic E-state index is 6.45. The van der Waals surface area contributed by atoms with E-state index in [-0.39, 0.29) is 17.2 Å². The summed E-state index contributed by atoms with van der Waals surface area (Å²) in [4.78, 5) is 0. The van der Waals surface area contributed by atoms with Crippen molar-refractivity contribution in [2.45, 2.75) is 161 Å². The lowest BCUT2D eigenvalue weighted by Gasteiger charge is -2.37. The van der Waals surface area contributed by atoms with Gasteiger partial charge in [0.15, 0.2) is 14.1 Å². The number of hydrogen-bond donors (Lipinski definition) is 0. The predicted molar refractivity (Wildman–Crippen MR) is 133 cm³/mol. The van der Waals surface area contributed by atoms with Crippen LogP contribution in [0.25, 0.3) is 0 Å². The van der Waals surface area contributed by atoms with Gasteiger partial charge in [-0.1, -0.05) is 105 Å². The average Bonchev–Trinajstić information content (AvgIpc) is 2.94. The lowest BCUT2D eigenvalue weighted by atomic mass is 10.0. The number of hydrogen-bond acceptors (Lipinski definition) is 3. The van der Waals surface area contributed by atoms with Crippen molar-refractivity contribution in [2.24, 2.45) is 0 Å². The van der Waals surface area contributed by atoms with Crippen molar-refractivity contribution >= 4 is 8.32 Å². The van der Waals surface area contributed by atoms with Crippen LogP contribution >= 0.6 is 0 Å². The first kappa shape index (κ1) is 28.1. The van der Waals surface area contributed by atoms with Gasteiger partial charge >= 0.3 is 0 Å². The summed E-state index contributed by atoms with van der Waals surface area (Å²) in [5.41, 5.74) is 0. The van der Waals surface area contributed by atoms with Crippen molar-refractivity contribution in [3.63, 3.8) is 0 Å². The maximum Gasteiger partial charge on any atom is 0.192 e. The fourth-order valence-electron chi connectivity index (χ4n) is 3.99. The van der Waals surface area contributed by atoms with Crippen LogP contribution in [0.1, 0.15) is 125 Å². The summed E-state index contributed by atoms with van der Waals surface area (Å²) in [6.07, 6.45) is 18.0. The van der Waals surface area contributed by atoms with E-state index in [0.29, 0.717) is 6.61 Å². The van der Waals surface area contributed by atoms with Gasteiger partial charge in [-0.15, -0.1) is 0 Å². The summed E-state index contributed by atoms with van der Waals surface area (Å²) in [5, 5.41) is 0.229. The first-order valence-corrected chi connectivity index (χ1v) is 15.9. The quantitative estimate of drug-likeness (QED) is 0.177. The van der Waals surface area contributed by atoms with Crippen LogP contribution in [-0.2, 0) is 13.9 Å². The highest BCUT2D eigenvalue weighted by atomic mass is 28.4. The van der Waals surface area contributed by atoms with Crippen molar-refractivity contribution in [2.75, 3.05) is 6.61 Å². The van der Waals surface area contributed by atoms with Gasteiger partial charge in [-0.3, -0.25) is 0 Å². The Morgan fingerprint density at radius 1 is 0.733 bits per heavy atom. The van der Waals surface area contributed by atoms with Crippen LogP contribution in [0.15, 0.2) is 0 Å². The molecule has 0 aliphatic carbocycles. The first-order chi connectivity index (χ1) is 14.0. The Morgan fingerprint density at radius 2 is 1.17 bits per heavy atom. The Labute approximate surface area is 190 Å². The molecule has 1 aliphatic rings. The topological polar surface area (TPSA) is 27.7 Å². The Balaban J connectivity index is 2.18. The van der Waals surface area contributed by atoms with Gasteiger partial charge in [0.25, 0.3) is 0 Å². The molecule has 30 heavy (non-hydrogen) atoms. The minimum Gasteiger partial charge on any atom is -0.414 e. The normalized spacial score (nSPS) is 22.0. The fraction of sp³-hybridized carbons (Fsp3) is 1.00. The van der Waals surface area contributed by atoms with Crippen LogP contribution in [0, 0.1) is 0 Å². The van der Waals surface area contributed by atoms with Crippen LogP contribution in [0.2, 0.25) is 18.1 Å². The van der Waals surface area contributed by atoms with E-state index in [9.17, 15) is 0 Å². The largest absolute Gasteiger partial charge is 0.414 e. The molecule has 0 bridgehead atoms. The molecule has 3 nitrogen and oxygen atoms in total. The summed E-state index contributed by atoms with van der Waals surface area (Å²) in [6.45, 7) is 18.5. The molecule has 1 fully saturated rings. The van der Waals surface area contributed by atoms with Crippen molar-refractivity contribution in [3.05, 3.63) is 0 Å². The molecule has 0 radical (unpaired) electrons. The van der Waals surface area contributed by atoms with Gasteiger partial charge < -0.3 is 13.9 Å². The number of ether oxygens (including phenoxy) is 2. The van der Waals surface area contributed by atoms with Gasteiger partial charge in [0.05, 0.1) is 12.7 Å². The first-order valence-electron chi connectivity index (χ1n) is 13.0. The van der Waals surface area contributed by atoms with E-state index in [0.717, 1.165) is 6.42 Å². The highest BCUT2D eigenvalue weighted by molar-refractivity contribution is 6.74. The average molecular weight is 443 g/mol. The summed E-state index contributed by atoms with van der Waals surface area (Å²) < 4.78 is 18.9. The van der Waals surface area contributed by atoms with E-state index in [1.165, 1.54) is 77.0 Å². The lowest BCUT2D eigenvalue weighted by Crippen LogP contribution is -2.44. The van der Waals surface area contributed by atoms with Gasteiger partial charge in [-0.05, 0) is 38.4 Å². The number of rotatable bonds is 16. The predicted octanol–water partition coefficient (Wildman–Crippen LogP) is 8.62. The van der Waals surface area contributed by atoms with Crippen LogP contribution in [0.5, 0.6) is 0 Å². The van der Waals surface area contributed by atoms with E-state index in [1.807, 2.05) is 13.8 Å². The molecule has 0 spiro atoms. The van der Waals surface area contributed by atoms with Crippen molar-refractivity contribution in [3.8, 4) is 0 Å². The standard InChI is InChI=1S/C26H54O3Si/c1-9-10-11-12-13-14-15-16-17-18-19-20-21-23-24(29-26(5,6)28-23)22-27-30(7,8)25(2,3)4/h23-24H,9-22H2,1-8H3/t23-,24-/m0/s1. The van der Waals surface area contributed by atoms with Gasteiger partial charge in [-0.2, -0.15) is 0 Å². The van der Waals surface area contributed by atoms with Gasteiger partial charge in [0, 0.05) is 0 Å². The van der Waals surface area contributed by atoms with E-state index in [2.05, 4.69) is 40.8 Å². The molecule has 0 aromatic heterocycles. The zero-order valence-electron chi connectivity index (χ0n) is 21.8. The molecule has 0 unspecified atom stereocenters. The summed E-state index contributed by atoms with van der Waals surface area (Å²) in [5.74, 6) is -0.483. The smallest absolute Gasteiger partial charge is 0.192 e. The van der Waals surface area contributed by atoms with E-state index in [4.69, 9.17) is 13.9 Å². The molecule has 0 aromatic rings. The summed E-state index contributed by atoms with van der Waals surface area (Å²) in [7, 11) is -1.75. The Kier molecular flexibility index (Phi) is 12.8. The lowest BCUT2D eigenvalue weighted by molar-refractivity contribution is -0.149. The van der Waals surface area contributed by atoms with E-state index in [1.54, 1.807) is 0 Å². The second-order valence-electron chi connectivity index (χ2n) is 11.5. The van der Waals surface area contributed by atoms with Crippen molar-refractivity contribution in [1.82, 2.24) is 0 Å². The molecule has 0 saturated carbocycles. The van der Waals surface area contributed by atoms with Crippen LogP contribution in [0.4, 0.5) is 0 Å². The molecular formula is C26H54O3Si. The zero-order chi connectivity index (χ0) is 22.7. The molecule has 1 heterocycles. The fourth-order valence-corrected chi connectivity index (χ4v) is 5.00. The third-order valence-electron chi connectivity index (χ3n) is 7.04. The Morgan fingerprint density at radius 3 is 1.63 bits per heavy atom. The van der Waals surface area contributed by atoms with E-state index < -0.39 is 14.1 Å². The highest BCUT2D eigenvalue weighted by Crippen LogP contribution is 2.38. The molecule has 0 aromatic carbocycles. The van der Waals surface area contributed by atoms with Crippen LogP contribution < -0.4 is 0 Å². The third kappa shape index (κ3) is 11.1. The SMILES string of the molecule is CCCCCCCCCCCCCC[C@@H]1OC(C)(C)O[C@H]1CO[Si](C)(C)C(C)(C)C. The maximum atomic E-state index is 6.45. The van der Waals surface area contributed by atoms with Gasteiger partial charge in [0.2, 0.25) is 0 Å². The Hall–Kier alpha value is 0.0969. The molecule has 0 amide bonds.